The lowest BCUT2D eigenvalue weighted by molar-refractivity contribution is 0.625. The number of halogens is 1. The highest BCUT2D eigenvalue weighted by Gasteiger charge is 2.00. The molecule has 2 aromatic rings. The van der Waals surface area contributed by atoms with E-state index in [1.54, 1.807) is 12.3 Å². The first-order chi connectivity index (χ1) is 8.65. The number of nitrogens with zero attached hydrogens (tertiary/aromatic N) is 1. The van der Waals surface area contributed by atoms with Crippen LogP contribution in [0.15, 0.2) is 36.5 Å². The number of aromatic nitrogens is 1. The number of pyridine rings is 1. The third kappa shape index (κ3) is 3.20. The van der Waals surface area contributed by atoms with Crippen molar-refractivity contribution in [1.82, 2.24) is 4.98 Å². The van der Waals surface area contributed by atoms with Crippen LogP contribution in [0.5, 0.6) is 0 Å². The molecule has 3 N–H and O–H groups in total. The van der Waals surface area contributed by atoms with Crippen LogP contribution in [0, 0.1) is 12.7 Å². The predicted octanol–water partition coefficient (Wildman–Crippen LogP) is 2.77. The Hall–Kier alpha value is -2.10. The Morgan fingerprint density at radius 2 is 2.17 bits per heavy atom. The molecule has 2 rings (SSSR count). The van der Waals surface area contributed by atoms with Crippen molar-refractivity contribution in [1.29, 1.82) is 0 Å². The zero-order chi connectivity index (χ0) is 13.0. The molecule has 0 bridgehead atoms. The van der Waals surface area contributed by atoms with Crippen LogP contribution in [-0.2, 0) is 6.42 Å². The lowest BCUT2D eigenvalue weighted by atomic mass is 10.1. The summed E-state index contributed by atoms with van der Waals surface area (Å²) >= 11 is 0. The van der Waals surface area contributed by atoms with Crippen molar-refractivity contribution in [3.63, 3.8) is 0 Å². The summed E-state index contributed by atoms with van der Waals surface area (Å²) < 4.78 is 13.0. The number of nitrogens with one attached hydrogen (secondary N) is 1. The van der Waals surface area contributed by atoms with Crippen LogP contribution in [0.1, 0.15) is 11.1 Å². The highest BCUT2D eigenvalue weighted by Crippen LogP contribution is 2.15. The molecule has 0 atom stereocenters. The standard InChI is InChI=1S/C14H16FN3/c1-10-7-13(16)14(18-9-10)17-6-5-11-3-2-4-12(15)8-11/h2-4,7-9H,5-6,16H2,1H3,(H,17,18). The number of rotatable bonds is 4. The van der Waals surface area contributed by atoms with Gasteiger partial charge in [-0.15, -0.1) is 0 Å². The molecule has 0 radical (unpaired) electrons. The first kappa shape index (κ1) is 12.4. The molecular weight excluding hydrogens is 229 g/mol. The fourth-order valence-corrected chi connectivity index (χ4v) is 1.76. The van der Waals surface area contributed by atoms with Crippen molar-refractivity contribution < 1.29 is 4.39 Å². The third-order valence-corrected chi connectivity index (χ3v) is 2.65. The molecule has 0 aliphatic heterocycles. The number of benzene rings is 1. The summed E-state index contributed by atoms with van der Waals surface area (Å²) in [4.78, 5) is 4.22. The van der Waals surface area contributed by atoms with Crippen molar-refractivity contribution in [2.75, 3.05) is 17.6 Å². The van der Waals surface area contributed by atoms with Crippen molar-refractivity contribution in [3.05, 3.63) is 53.5 Å². The molecule has 0 fully saturated rings. The van der Waals surface area contributed by atoms with E-state index in [4.69, 9.17) is 5.73 Å². The molecule has 0 amide bonds. The van der Waals surface area contributed by atoms with Gasteiger partial charge in [0, 0.05) is 12.7 Å². The summed E-state index contributed by atoms with van der Waals surface area (Å²) in [6, 6.07) is 8.46. The van der Waals surface area contributed by atoms with Crippen molar-refractivity contribution in [3.8, 4) is 0 Å². The minimum atomic E-state index is -0.208. The molecule has 18 heavy (non-hydrogen) atoms. The van der Waals surface area contributed by atoms with E-state index in [0.29, 0.717) is 18.1 Å². The van der Waals surface area contributed by atoms with Gasteiger partial charge in [0.2, 0.25) is 0 Å². The van der Waals surface area contributed by atoms with Crippen molar-refractivity contribution in [2.45, 2.75) is 13.3 Å². The normalized spacial score (nSPS) is 10.3. The zero-order valence-corrected chi connectivity index (χ0v) is 10.3. The van der Waals surface area contributed by atoms with E-state index in [2.05, 4.69) is 10.3 Å². The topological polar surface area (TPSA) is 50.9 Å². The quantitative estimate of drug-likeness (QED) is 0.870. The molecular formula is C14H16FN3. The van der Waals surface area contributed by atoms with Crippen LogP contribution in [-0.4, -0.2) is 11.5 Å². The van der Waals surface area contributed by atoms with Crippen LogP contribution in [0.25, 0.3) is 0 Å². The molecule has 0 spiro atoms. The Kier molecular flexibility index (Phi) is 3.77. The molecule has 0 aliphatic carbocycles. The maximum Gasteiger partial charge on any atom is 0.149 e. The summed E-state index contributed by atoms with van der Waals surface area (Å²) in [6.45, 7) is 2.61. The first-order valence-electron chi connectivity index (χ1n) is 5.85. The molecule has 4 heteroatoms. The van der Waals surface area contributed by atoms with E-state index in [9.17, 15) is 4.39 Å². The van der Waals surface area contributed by atoms with Crippen LogP contribution < -0.4 is 11.1 Å². The summed E-state index contributed by atoms with van der Waals surface area (Å²) in [5.74, 6) is 0.470. The van der Waals surface area contributed by atoms with Crippen LogP contribution in [0.4, 0.5) is 15.9 Å². The Balaban J connectivity index is 1.92. The second kappa shape index (κ2) is 5.49. The Morgan fingerprint density at radius 1 is 1.33 bits per heavy atom. The van der Waals surface area contributed by atoms with Gasteiger partial charge in [-0.1, -0.05) is 12.1 Å². The number of anilines is 2. The monoisotopic (exact) mass is 245 g/mol. The van der Waals surface area contributed by atoms with Gasteiger partial charge in [0.1, 0.15) is 11.6 Å². The van der Waals surface area contributed by atoms with E-state index < -0.39 is 0 Å². The molecule has 0 aliphatic rings. The summed E-state index contributed by atoms with van der Waals surface area (Å²) in [7, 11) is 0. The molecule has 1 heterocycles. The van der Waals surface area contributed by atoms with Crippen LogP contribution in [0.3, 0.4) is 0 Å². The van der Waals surface area contributed by atoms with Gasteiger partial charge in [-0.05, 0) is 42.7 Å². The third-order valence-electron chi connectivity index (χ3n) is 2.65. The van der Waals surface area contributed by atoms with Gasteiger partial charge in [-0.25, -0.2) is 9.37 Å². The SMILES string of the molecule is Cc1cnc(NCCc2cccc(F)c2)c(N)c1. The van der Waals surface area contributed by atoms with E-state index in [0.717, 1.165) is 17.5 Å². The van der Waals surface area contributed by atoms with Crippen molar-refractivity contribution in [2.24, 2.45) is 0 Å². The van der Waals surface area contributed by atoms with E-state index in [1.165, 1.54) is 12.1 Å². The highest BCUT2D eigenvalue weighted by atomic mass is 19.1. The molecule has 3 nitrogen and oxygen atoms in total. The molecule has 0 saturated heterocycles. The van der Waals surface area contributed by atoms with Gasteiger partial charge in [-0.3, -0.25) is 0 Å². The maximum absolute atomic E-state index is 13.0. The lowest BCUT2D eigenvalue weighted by Gasteiger charge is -2.08. The minimum Gasteiger partial charge on any atom is -0.396 e. The number of hydrogen-bond donors (Lipinski definition) is 2. The Bertz CT molecular complexity index is 540. The van der Waals surface area contributed by atoms with Gasteiger partial charge in [0.05, 0.1) is 5.69 Å². The molecule has 1 aromatic carbocycles. The van der Waals surface area contributed by atoms with E-state index in [1.807, 2.05) is 19.1 Å². The number of hydrogen-bond acceptors (Lipinski definition) is 3. The summed E-state index contributed by atoms with van der Waals surface area (Å²) in [5.41, 5.74) is 8.46. The van der Waals surface area contributed by atoms with Gasteiger partial charge in [-0.2, -0.15) is 0 Å². The number of aryl methyl sites for hydroxylation is 1. The first-order valence-corrected chi connectivity index (χ1v) is 5.85. The average molecular weight is 245 g/mol. The van der Waals surface area contributed by atoms with Gasteiger partial charge >= 0.3 is 0 Å². The van der Waals surface area contributed by atoms with Gasteiger partial charge in [0.25, 0.3) is 0 Å². The predicted molar refractivity (Wildman–Crippen MR) is 72.0 cm³/mol. The molecule has 94 valence electrons. The molecule has 1 aromatic heterocycles. The second-order valence-electron chi connectivity index (χ2n) is 4.26. The fraction of sp³-hybridized carbons (Fsp3) is 0.214. The average Bonchev–Trinajstić information content (AvgIpc) is 2.32. The van der Waals surface area contributed by atoms with E-state index >= 15 is 0 Å². The minimum absolute atomic E-state index is 0.208. The van der Waals surface area contributed by atoms with Crippen LogP contribution >= 0.6 is 0 Å². The van der Waals surface area contributed by atoms with E-state index in [-0.39, 0.29) is 5.82 Å². The second-order valence-corrected chi connectivity index (χ2v) is 4.26. The Morgan fingerprint density at radius 3 is 2.89 bits per heavy atom. The maximum atomic E-state index is 13.0. The van der Waals surface area contributed by atoms with Crippen LogP contribution in [0.2, 0.25) is 0 Å². The van der Waals surface area contributed by atoms with Crippen molar-refractivity contribution >= 4 is 11.5 Å². The fourth-order valence-electron chi connectivity index (χ4n) is 1.76. The molecule has 0 saturated carbocycles. The summed E-state index contributed by atoms with van der Waals surface area (Å²) in [5, 5.41) is 3.15. The van der Waals surface area contributed by atoms with Gasteiger partial charge < -0.3 is 11.1 Å². The molecule has 0 unspecified atom stereocenters. The number of nitrogens with two attached hydrogens (primary N) is 1. The van der Waals surface area contributed by atoms with Gasteiger partial charge in [0.15, 0.2) is 0 Å². The summed E-state index contributed by atoms with van der Waals surface area (Å²) in [6.07, 6.45) is 2.49. The lowest BCUT2D eigenvalue weighted by Crippen LogP contribution is -2.08. The zero-order valence-electron chi connectivity index (χ0n) is 10.3. The number of nitrogen functional groups attached to an aromatic ring is 1. The highest BCUT2D eigenvalue weighted by molar-refractivity contribution is 5.61. The smallest absolute Gasteiger partial charge is 0.149 e. The largest absolute Gasteiger partial charge is 0.396 e. The Labute approximate surface area is 106 Å².